The van der Waals surface area contributed by atoms with Crippen molar-refractivity contribution >= 4 is 34.3 Å². The molecule has 0 aliphatic carbocycles. The number of hydrogen-bond donors (Lipinski definition) is 2. The van der Waals surface area contributed by atoms with Crippen LogP contribution in [0.3, 0.4) is 0 Å². The number of fused-ring (bicyclic) bond motifs is 1. The van der Waals surface area contributed by atoms with Crippen LogP contribution in [0.4, 0.5) is 11.5 Å². The van der Waals surface area contributed by atoms with Crippen molar-refractivity contribution in [3.8, 4) is 5.75 Å². The van der Waals surface area contributed by atoms with Crippen molar-refractivity contribution in [1.82, 2.24) is 9.88 Å². The minimum absolute atomic E-state index is 0.133. The molecular formula is C27H32N4O4. The van der Waals surface area contributed by atoms with Crippen LogP contribution < -0.4 is 15.0 Å². The number of amides is 1. The van der Waals surface area contributed by atoms with Gasteiger partial charge in [0.1, 0.15) is 11.6 Å². The topological polar surface area (TPSA) is 95.0 Å². The highest BCUT2D eigenvalue weighted by molar-refractivity contribution is 6.05. The number of aryl methyl sites for hydroxylation is 1. The van der Waals surface area contributed by atoms with Crippen molar-refractivity contribution in [3.63, 3.8) is 0 Å². The predicted octanol–water partition coefficient (Wildman–Crippen LogP) is 4.04. The minimum atomic E-state index is -1.01. The number of carboxylic acid groups (broad SMARTS) is 1. The average molecular weight is 477 g/mol. The lowest BCUT2D eigenvalue weighted by atomic mass is 10.1. The fourth-order valence-corrected chi connectivity index (χ4v) is 4.42. The van der Waals surface area contributed by atoms with Crippen LogP contribution in [0.2, 0.25) is 0 Å². The molecule has 0 unspecified atom stereocenters. The minimum Gasteiger partial charge on any atom is -0.497 e. The average Bonchev–Trinajstić information content (AvgIpc) is 2.87. The zero-order valence-electron chi connectivity index (χ0n) is 20.3. The van der Waals surface area contributed by atoms with E-state index in [0.29, 0.717) is 35.2 Å². The van der Waals surface area contributed by atoms with Crippen molar-refractivity contribution in [2.75, 3.05) is 50.1 Å². The number of piperazine rings is 1. The highest BCUT2D eigenvalue weighted by Crippen LogP contribution is 2.27. The Morgan fingerprint density at radius 3 is 2.46 bits per heavy atom. The summed E-state index contributed by atoms with van der Waals surface area (Å²) in [6, 6.07) is 14.5. The number of nitrogens with zero attached hydrogens (tertiary/aromatic N) is 3. The number of pyridine rings is 1. The van der Waals surface area contributed by atoms with Gasteiger partial charge < -0.3 is 20.1 Å². The van der Waals surface area contributed by atoms with Gasteiger partial charge in [-0.25, -0.2) is 9.78 Å². The van der Waals surface area contributed by atoms with Crippen LogP contribution in [0.25, 0.3) is 10.9 Å². The number of carbonyl (C=O) groups is 2. The molecule has 1 aliphatic rings. The second-order valence-corrected chi connectivity index (χ2v) is 8.79. The Morgan fingerprint density at radius 1 is 1.06 bits per heavy atom. The van der Waals surface area contributed by atoms with E-state index >= 15 is 0 Å². The Balaban J connectivity index is 1.46. The first-order valence-corrected chi connectivity index (χ1v) is 12.0. The maximum Gasteiger partial charge on any atom is 0.336 e. The van der Waals surface area contributed by atoms with Crippen LogP contribution in [0, 0.1) is 0 Å². The first kappa shape index (κ1) is 24.5. The highest BCUT2D eigenvalue weighted by atomic mass is 16.5. The van der Waals surface area contributed by atoms with Crippen LogP contribution in [-0.4, -0.2) is 66.7 Å². The molecule has 35 heavy (non-hydrogen) atoms. The summed E-state index contributed by atoms with van der Waals surface area (Å²) in [5.41, 5.74) is 2.39. The van der Waals surface area contributed by atoms with Gasteiger partial charge in [0.05, 0.1) is 18.2 Å². The van der Waals surface area contributed by atoms with E-state index in [2.05, 4.69) is 22.0 Å². The molecule has 0 bridgehead atoms. The Hall–Kier alpha value is -3.65. The number of aromatic nitrogens is 1. The molecule has 1 aliphatic heterocycles. The lowest BCUT2D eigenvalue weighted by Gasteiger charge is -2.35. The molecule has 2 heterocycles. The Kier molecular flexibility index (Phi) is 7.82. The molecule has 0 atom stereocenters. The smallest absolute Gasteiger partial charge is 0.336 e. The summed E-state index contributed by atoms with van der Waals surface area (Å²) in [5.74, 6) is 0.319. The fourth-order valence-electron chi connectivity index (χ4n) is 4.42. The van der Waals surface area contributed by atoms with Gasteiger partial charge in [-0.15, -0.1) is 0 Å². The monoisotopic (exact) mass is 476 g/mol. The van der Waals surface area contributed by atoms with Crippen molar-refractivity contribution in [1.29, 1.82) is 0 Å². The molecule has 1 amide bonds. The lowest BCUT2D eigenvalue weighted by molar-refractivity contribution is -0.116. The van der Waals surface area contributed by atoms with E-state index in [1.165, 1.54) is 0 Å². The van der Waals surface area contributed by atoms with Crippen molar-refractivity contribution in [3.05, 3.63) is 59.7 Å². The third-order valence-corrected chi connectivity index (χ3v) is 6.35. The molecule has 4 rings (SSSR count). The Labute approximate surface area is 205 Å². The van der Waals surface area contributed by atoms with E-state index in [-0.39, 0.29) is 11.5 Å². The molecule has 0 radical (unpaired) electrons. The number of ether oxygens (including phenoxy) is 1. The summed E-state index contributed by atoms with van der Waals surface area (Å²) in [5, 5.41) is 13.3. The predicted molar refractivity (Wildman–Crippen MR) is 138 cm³/mol. The largest absolute Gasteiger partial charge is 0.497 e. The van der Waals surface area contributed by atoms with Crippen LogP contribution >= 0.6 is 0 Å². The van der Waals surface area contributed by atoms with Crippen LogP contribution in [-0.2, 0) is 11.2 Å². The van der Waals surface area contributed by atoms with Crippen molar-refractivity contribution < 1.29 is 19.4 Å². The normalized spacial score (nSPS) is 14.2. The number of anilines is 2. The summed E-state index contributed by atoms with van der Waals surface area (Å²) in [4.78, 5) is 33.9. The Bertz CT molecular complexity index is 1190. The summed E-state index contributed by atoms with van der Waals surface area (Å²) < 4.78 is 5.16. The van der Waals surface area contributed by atoms with Crippen molar-refractivity contribution in [2.24, 2.45) is 0 Å². The highest BCUT2D eigenvalue weighted by Gasteiger charge is 2.20. The van der Waals surface area contributed by atoms with Crippen molar-refractivity contribution in [2.45, 2.75) is 26.2 Å². The fraction of sp³-hybridized carbons (Fsp3) is 0.370. The number of carbonyl (C=O) groups excluding carboxylic acids is 1. The second-order valence-electron chi connectivity index (χ2n) is 8.79. The van der Waals surface area contributed by atoms with Crippen LogP contribution in [0.15, 0.2) is 48.5 Å². The summed E-state index contributed by atoms with van der Waals surface area (Å²) in [6.07, 6.45) is 2.04. The summed E-state index contributed by atoms with van der Waals surface area (Å²) in [6.45, 7) is 6.77. The molecule has 2 aromatic carbocycles. The van der Waals surface area contributed by atoms with Gasteiger partial charge in [-0.2, -0.15) is 0 Å². The number of hydrogen-bond acceptors (Lipinski definition) is 6. The third-order valence-electron chi connectivity index (χ3n) is 6.35. The van der Waals surface area contributed by atoms with Crippen LogP contribution in [0.5, 0.6) is 5.75 Å². The first-order valence-electron chi connectivity index (χ1n) is 12.0. The first-order chi connectivity index (χ1) is 17.0. The number of benzene rings is 2. The molecule has 1 aromatic heterocycles. The second kappa shape index (κ2) is 11.2. The van der Waals surface area contributed by atoms with Gasteiger partial charge in [-0.3, -0.25) is 9.69 Å². The number of aromatic carboxylic acids is 1. The number of carboxylic acids is 1. The molecule has 184 valence electrons. The molecule has 2 N–H and O–H groups in total. The number of rotatable bonds is 9. The molecule has 8 heteroatoms. The van der Waals surface area contributed by atoms with Gasteiger partial charge in [0.15, 0.2) is 0 Å². The maximum atomic E-state index is 12.5. The van der Waals surface area contributed by atoms with E-state index in [9.17, 15) is 14.7 Å². The van der Waals surface area contributed by atoms with Gasteiger partial charge in [-0.05, 0) is 61.3 Å². The standard InChI is InChI=1S/C27H32N4O4/c1-3-12-30-13-15-31(16-14-30)25-18-23(27(33)34)22-17-20(7-10-24(22)29-25)28-26(32)11-6-19-4-8-21(35-2)9-5-19/h4-5,7-10,17-18H,3,6,11-16H2,1-2H3,(H,28,32)(H,33,34). The maximum absolute atomic E-state index is 12.5. The molecule has 8 nitrogen and oxygen atoms in total. The number of nitrogens with one attached hydrogen (secondary N) is 1. The van der Waals surface area contributed by atoms with E-state index in [1.54, 1.807) is 31.4 Å². The molecule has 1 saturated heterocycles. The molecule has 0 saturated carbocycles. The quantitative estimate of drug-likeness (QED) is 0.481. The third kappa shape index (κ3) is 6.08. The van der Waals surface area contributed by atoms with Crippen LogP contribution in [0.1, 0.15) is 35.7 Å². The van der Waals surface area contributed by atoms with E-state index in [1.807, 2.05) is 24.3 Å². The van der Waals surface area contributed by atoms with Gasteiger partial charge >= 0.3 is 5.97 Å². The lowest BCUT2D eigenvalue weighted by Crippen LogP contribution is -2.46. The summed E-state index contributed by atoms with van der Waals surface area (Å²) in [7, 11) is 1.62. The molecule has 3 aromatic rings. The number of methoxy groups -OCH3 is 1. The Morgan fingerprint density at radius 2 is 1.80 bits per heavy atom. The zero-order chi connectivity index (χ0) is 24.8. The van der Waals surface area contributed by atoms with E-state index < -0.39 is 5.97 Å². The molecule has 1 fully saturated rings. The van der Waals surface area contributed by atoms with Gasteiger partial charge in [0, 0.05) is 43.7 Å². The zero-order valence-corrected chi connectivity index (χ0v) is 20.3. The van der Waals surface area contributed by atoms with Gasteiger partial charge in [-0.1, -0.05) is 19.1 Å². The van der Waals surface area contributed by atoms with Gasteiger partial charge in [0.2, 0.25) is 5.91 Å². The molecular weight excluding hydrogens is 444 g/mol. The SMILES string of the molecule is CCCN1CCN(c2cc(C(=O)O)c3cc(NC(=O)CCc4ccc(OC)cc4)ccc3n2)CC1. The van der Waals surface area contributed by atoms with E-state index in [0.717, 1.165) is 50.5 Å². The molecule has 0 spiro atoms. The van der Waals surface area contributed by atoms with E-state index in [4.69, 9.17) is 9.72 Å². The summed E-state index contributed by atoms with van der Waals surface area (Å²) >= 11 is 0. The van der Waals surface area contributed by atoms with Gasteiger partial charge in [0.25, 0.3) is 0 Å².